The Morgan fingerprint density at radius 1 is 1.13 bits per heavy atom. The van der Waals surface area contributed by atoms with Crippen molar-refractivity contribution in [3.8, 4) is 11.1 Å². The van der Waals surface area contributed by atoms with E-state index in [9.17, 15) is 9.59 Å². The summed E-state index contributed by atoms with van der Waals surface area (Å²) in [6.45, 7) is 7.27. The molecule has 2 aliphatic rings. The Hall–Kier alpha value is -2.69. The predicted molar refractivity (Wildman–Crippen MR) is 116 cm³/mol. The minimum Gasteiger partial charge on any atom is -0.459 e. The number of cyclic esters (lactones) is 1. The molecule has 2 fully saturated rings. The van der Waals surface area contributed by atoms with E-state index in [1.165, 1.54) is 11.1 Å². The van der Waals surface area contributed by atoms with Crippen LogP contribution >= 0.6 is 0 Å². The number of rotatable bonds is 4. The van der Waals surface area contributed by atoms with E-state index in [1.54, 1.807) is 0 Å². The number of nitrogens with zero attached hydrogens (tertiary/aromatic N) is 2. The Morgan fingerprint density at radius 3 is 2.47 bits per heavy atom. The third-order valence-electron chi connectivity index (χ3n) is 6.22. The van der Waals surface area contributed by atoms with Crippen LogP contribution in [0.2, 0.25) is 0 Å². The maximum atomic E-state index is 12.7. The van der Waals surface area contributed by atoms with Gasteiger partial charge in [0.15, 0.2) is 0 Å². The summed E-state index contributed by atoms with van der Waals surface area (Å²) in [6.07, 6.45) is 2.67. The van der Waals surface area contributed by atoms with E-state index in [0.717, 1.165) is 24.2 Å². The van der Waals surface area contributed by atoms with Gasteiger partial charge in [-0.3, -0.25) is 14.6 Å². The van der Waals surface area contributed by atoms with Gasteiger partial charge in [0.1, 0.15) is 5.60 Å². The summed E-state index contributed by atoms with van der Waals surface area (Å²) in [5.74, 6) is -0.125. The Labute approximate surface area is 178 Å². The molecule has 0 aliphatic carbocycles. The number of aryl methyl sites for hydroxylation is 1. The Morgan fingerprint density at radius 2 is 1.83 bits per heavy atom. The molecule has 1 atom stereocenters. The molecule has 0 bridgehead atoms. The van der Waals surface area contributed by atoms with Crippen LogP contribution in [-0.2, 0) is 14.3 Å². The first-order valence-corrected chi connectivity index (χ1v) is 10.9. The molecule has 5 nitrogen and oxygen atoms in total. The molecule has 3 heterocycles. The van der Waals surface area contributed by atoms with Crippen LogP contribution in [-0.4, -0.2) is 40.5 Å². The molecule has 1 amide bonds. The molecular formula is C25H30N2O3. The molecule has 5 heteroatoms. The fourth-order valence-electron chi connectivity index (χ4n) is 4.69. The zero-order valence-electron chi connectivity index (χ0n) is 18.1. The van der Waals surface area contributed by atoms with Gasteiger partial charge in [-0.15, -0.1) is 0 Å². The average molecular weight is 407 g/mol. The van der Waals surface area contributed by atoms with Gasteiger partial charge in [0.25, 0.3) is 0 Å². The van der Waals surface area contributed by atoms with Gasteiger partial charge < -0.3 is 9.64 Å². The van der Waals surface area contributed by atoms with E-state index in [-0.39, 0.29) is 24.2 Å². The number of ether oxygens (including phenoxy) is 1. The van der Waals surface area contributed by atoms with Gasteiger partial charge in [-0.1, -0.05) is 30.3 Å². The number of hydrogen-bond donors (Lipinski definition) is 0. The number of benzene rings is 1. The van der Waals surface area contributed by atoms with Gasteiger partial charge in [-0.05, 0) is 56.9 Å². The molecule has 30 heavy (non-hydrogen) atoms. The smallest absolute Gasteiger partial charge is 0.310 e. The molecule has 2 aliphatic heterocycles. The van der Waals surface area contributed by atoms with Gasteiger partial charge in [-0.2, -0.15) is 0 Å². The molecule has 4 rings (SSSR count). The predicted octanol–water partition coefficient (Wildman–Crippen LogP) is 4.49. The summed E-state index contributed by atoms with van der Waals surface area (Å²) in [5.41, 5.74) is 4.07. The third kappa shape index (κ3) is 4.55. The molecule has 0 radical (unpaired) electrons. The summed E-state index contributed by atoms with van der Waals surface area (Å²) in [4.78, 5) is 31.5. The van der Waals surface area contributed by atoms with Crippen LogP contribution in [0.15, 0.2) is 42.5 Å². The highest BCUT2D eigenvalue weighted by molar-refractivity contribution is 5.84. The minimum atomic E-state index is -0.456. The van der Waals surface area contributed by atoms with E-state index in [1.807, 2.05) is 31.7 Å². The van der Waals surface area contributed by atoms with Gasteiger partial charge in [-0.25, -0.2) is 0 Å². The second-order valence-corrected chi connectivity index (χ2v) is 9.23. The summed E-state index contributed by atoms with van der Waals surface area (Å²) in [5, 5.41) is 0. The summed E-state index contributed by atoms with van der Waals surface area (Å²) >= 11 is 0. The van der Waals surface area contributed by atoms with Crippen molar-refractivity contribution in [3.63, 3.8) is 0 Å². The highest BCUT2D eigenvalue weighted by atomic mass is 16.6. The Balaban J connectivity index is 1.38. The van der Waals surface area contributed by atoms with Crippen molar-refractivity contribution < 1.29 is 14.3 Å². The van der Waals surface area contributed by atoms with Crippen LogP contribution in [0.1, 0.15) is 56.8 Å². The van der Waals surface area contributed by atoms with Crippen molar-refractivity contribution in [2.75, 3.05) is 13.1 Å². The molecule has 2 aromatic rings. The Bertz CT molecular complexity index is 931. The van der Waals surface area contributed by atoms with E-state index >= 15 is 0 Å². The molecular weight excluding hydrogens is 376 g/mol. The van der Waals surface area contributed by atoms with Gasteiger partial charge in [0.05, 0.1) is 5.92 Å². The lowest BCUT2D eigenvalue weighted by Gasteiger charge is -2.32. The first-order valence-electron chi connectivity index (χ1n) is 10.9. The maximum Gasteiger partial charge on any atom is 0.310 e. The van der Waals surface area contributed by atoms with Crippen LogP contribution in [0.3, 0.4) is 0 Å². The second-order valence-electron chi connectivity index (χ2n) is 9.23. The van der Waals surface area contributed by atoms with E-state index < -0.39 is 5.60 Å². The maximum absolute atomic E-state index is 12.7. The van der Waals surface area contributed by atoms with E-state index in [4.69, 9.17) is 9.72 Å². The van der Waals surface area contributed by atoms with Crippen LogP contribution in [0.5, 0.6) is 0 Å². The van der Waals surface area contributed by atoms with Crippen molar-refractivity contribution in [3.05, 3.63) is 53.9 Å². The normalized spacial score (nSPS) is 21.5. The zero-order valence-corrected chi connectivity index (χ0v) is 18.1. The molecule has 0 saturated carbocycles. The molecule has 0 N–H and O–H groups in total. The number of piperidine rings is 1. The van der Waals surface area contributed by atoms with Crippen molar-refractivity contribution in [1.29, 1.82) is 0 Å². The summed E-state index contributed by atoms with van der Waals surface area (Å²) < 4.78 is 5.37. The number of carbonyl (C=O) groups is 2. The number of esters is 1. The first kappa shape index (κ1) is 20.6. The summed E-state index contributed by atoms with van der Waals surface area (Å²) in [6, 6.07) is 14.7. The number of carbonyl (C=O) groups excluding carboxylic acids is 2. The van der Waals surface area contributed by atoms with Crippen molar-refractivity contribution in [2.24, 2.45) is 5.92 Å². The largest absolute Gasteiger partial charge is 0.459 e. The molecule has 158 valence electrons. The van der Waals surface area contributed by atoms with Crippen LogP contribution in [0, 0.1) is 12.8 Å². The average Bonchev–Trinajstić information content (AvgIpc) is 2.99. The van der Waals surface area contributed by atoms with Gasteiger partial charge >= 0.3 is 5.97 Å². The fraction of sp³-hybridized carbons (Fsp3) is 0.480. The van der Waals surface area contributed by atoms with Crippen LogP contribution in [0.25, 0.3) is 11.1 Å². The lowest BCUT2D eigenvalue weighted by molar-refractivity contribution is -0.150. The van der Waals surface area contributed by atoms with Crippen molar-refractivity contribution >= 4 is 11.9 Å². The topological polar surface area (TPSA) is 59.5 Å². The zero-order chi connectivity index (χ0) is 21.3. The lowest BCUT2D eigenvalue weighted by Crippen LogP contribution is -2.39. The highest BCUT2D eigenvalue weighted by Crippen LogP contribution is 2.34. The number of amides is 1. The molecule has 0 spiro atoms. The van der Waals surface area contributed by atoms with Gasteiger partial charge in [0, 0.05) is 43.2 Å². The van der Waals surface area contributed by atoms with Crippen LogP contribution < -0.4 is 0 Å². The molecule has 0 unspecified atom stereocenters. The number of aromatic nitrogens is 1. The van der Waals surface area contributed by atoms with Crippen LogP contribution in [0.4, 0.5) is 0 Å². The van der Waals surface area contributed by atoms with E-state index in [0.29, 0.717) is 25.4 Å². The SMILES string of the molecule is Cc1cc(-c2ccccc2)cc(C2CCN(C(=O)C[C@H]3CC(C)(C)OC3=O)CC2)n1. The fourth-order valence-corrected chi connectivity index (χ4v) is 4.69. The number of hydrogen-bond acceptors (Lipinski definition) is 4. The quantitative estimate of drug-likeness (QED) is 0.702. The van der Waals surface area contributed by atoms with Gasteiger partial charge in [0.2, 0.25) is 5.91 Å². The summed E-state index contributed by atoms with van der Waals surface area (Å²) in [7, 11) is 0. The molecule has 2 saturated heterocycles. The Kier molecular flexibility index (Phi) is 5.63. The minimum absolute atomic E-state index is 0.0651. The highest BCUT2D eigenvalue weighted by Gasteiger charge is 2.41. The van der Waals surface area contributed by atoms with Crippen molar-refractivity contribution in [1.82, 2.24) is 9.88 Å². The second kappa shape index (κ2) is 8.21. The standard InChI is InChI=1S/C25H30N2O3/c1-17-13-20(18-7-5-4-6-8-18)14-22(26-17)19-9-11-27(12-10-19)23(28)15-21-16-25(2,3)30-24(21)29/h4-8,13-14,19,21H,9-12,15-16H2,1-3H3/t21-/m0/s1. The van der Waals surface area contributed by atoms with Crippen molar-refractivity contribution in [2.45, 2.75) is 58.0 Å². The third-order valence-corrected chi connectivity index (χ3v) is 6.22. The number of pyridine rings is 1. The first-order chi connectivity index (χ1) is 14.3. The van der Waals surface area contributed by atoms with E-state index in [2.05, 4.69) is 36.4 Å². The lowest BCUT2D eigenvalue weighted by atomic mass is 9.90. The number of likely N-dealkylation sites (tertiary alicyclic amines) is 1. The monoisotopic (exact) mass is 406 g/mol. The molecule has 1 aromatic carbocycles. The molecule has 1 aromatic heterocycles.